The van der Waals surface area contributed by atoms with Crippen LogP contribution in [-0.4, -0.2) is 17.1 Å². The van der Waals surface area contributed by atoms with Crippen molar-refractivity contribution in [3.05, 3.63) is 0 Å². The Balaban J connectivity index is 2.98. The second kappa shape index (κ2) is 6.92. The topological polar surface area (TPSA) is 20.2 Å². The standard InChI is InChI=1S/C8H13ClO/c1-2-8(10)6-4-3-5-7-9/h1,8,10H,3-7H2/t8-/m0/s1. The van der Waals surface area contributed by atoms with Gasteiger partial charge in [0.25, 0.3) is 0 Å². The molecule has 0 spiro atoms. The Kier molecular flexibility index (Phi) is 6.79. The number of hydrogen-bond acceptors (Lipinski definition) is 1. The smallest absolute Gasteiger partial charge is 0.114 e. The molecule has 0 saturated carbocycles. The van der Waals surface area contributed by atoms with Crippen molar-refractivity contribution in [3.63, 3.8) is 0 Å². The minimum atomic E-state index is -0.560. The molecule has 0 bridgehead atoms. The van der Waals surface area contributed by atoms with Crippen molar-refractivity contribution >= 4 is 11.6 Å². The van der Waals surface area contributed by atoms with Gasteiger partial charge in [-0.3, -0.25) is 0 Å². The average Bonchev–Trinajstić information content (AvgIpc) is 1.98. The van der Waals surface area contributed by atoms with E-state index >= 15 is 0 Å². The quantitative estimate of drug-likeness (QED) is 0.369. The molecular formula is C8H13ClO. The van der Waals surface area contributed by atoms with Gasteiger partial charge in [-0.05, 0) is 19.3 Å². The highest BCUT2D eigenvalue weighted by molar-refractivity contribution is 6.17. The molecule has 10 heavy (non-hydrogen) atoms. The number of alkyl halides is 1. The molecule has 0 aliphatic carbocycles. The third-order valence-electron chi connectivity index (χ3n) is 1.30. The van der Waals surface area contributed by atoms with Crippen LogP contribution in [0.1, 0.15) is 25.7 Å². The minimum absolute atomic E-state index is 0.560. The second-order valence-corrected chi connectivity index (χ2v) is 2.60. The van der Waals surface area contributed by atoms with Crippen molar-refractivity contribution < 1.29 is 5.11 Å². The van der Waals surface area contributed by atoms with E-state index in [9.17, 15) is 0 Å². The lowest BCUT2D eigenvalue weighted by atomic mass is 10.1. The number of aliphatic hydroxyl groups is 1. The summed E-state index contributed by atoms with van der Waals surface area (Å²) >= 11 is 5.45. The molecule has 0 aliphatic heterocycles. The summed E-state index contributed by atoms with van der Waals surface area (Å²) in [6, 6.07) is 0. The molecule has 2 heteroatoms. The third-order valence-corrected chi connectivity index (χ3v) is 1.57. The van der Waals surface area contributed by atoms with Crippen molar-refractivity contribution in [2.24, 2.45) is 0 Å². The van der Waals surface area contributed by atoms with Crippen LogP contribution < -0.4 is 0 Å². The highest BCUT2D eigenvalue weighted by Gasteiger charge is 1.96. The van der Waals surface area contributed by atoms with E-state index in [4.69, 9.17) is 23.1 Å². The summed E-state index contributed by atoms with van der Waals surface area (Å²) in [6.45, 7) is 0. The van der Waals surface area contributed by atoms with E-state index in [-0.39, 0.29) is 0 Å². The maximum Gasteiger partial charge on any atom is 0.114 e. The number of aliphatic hydroxyl groups excluding tert-OH is 1. The van der Waals surface area contributed by atoms with E-state index in [0.29, 0.717) is 12.3 Å². The van der Waals surface area contributed by atoms with Crippen LogP contribution in [0.25, 0.3) is 0 Å². The van der Waals surface area contributed by atoms with Crippen molar-refractivity contribution in [1.29, 1.82) is 0 Å². The van der Waals surface area contributed by atoms with Crippen LogP contribution in [0.2, 0.25) is 0 Å². The van der Waals surface area contributed by atoms with Crippen molar-refractivity contribution in [2.75, 3.05) is 5.88 Å². The maximum atomic E-state index is 8.89. The van der Waals surface area contributed by atoms with E-state index in [2.05, 4.69) is 5.92 Å². The lowest BCUT2D eigenvalue weighted by Gasteiger charge is -2.00. The van der Waals surface area contributed by atoms with Crippen molar-refractivity contribution in [2.45, 2.75) is 31.8 Å². The number of hydrogen-bond donors (Lipinski definition) is 1. The predicted molar refractivity (Wildman–Crippen MR) is 44.0 cm³/mol. The van der Waals surface area contributed by atoms with Crippen molar-refractivity contribution in [3.8, 4) is 12.3 Å². The fraction of sp³-hybridized carbons (Fsp3) is 0.750. The van der Waals surface area contributed by atoms with Gasteiger partial charge in [0.1, 0.15) is 6.10 Å². The maximum absolute atomic E-state index is 8.89. The molecule has 0 unspecified atom stereocenters. The molecule has 0 amide bonds. The highest BCUT2D eigenvalue weighted by atomic mass is 35.5. The van der Waals surface area contributed by atoms with Crippen LogP contribution in [-0.2, 0) is 0 Å². The highest BCUT2D eigenvalue weighted by Crippen LogP contribution is 2.03. The summed E-state index contributed by atoms with van der Waals surface area (Å²) in [4.78, 5) is 0. The monoisotopic (exact) mass is 160 g/mol. The first-order valence-corrected chi connectivity index (χ1v) is 4.05. The zero-order chi connectivity index (χ0) is 7.82. The van der Waals surface area contributed by atoms with Crippen LogP contribution in [0.3, 0.4) is 0 Å². The third kappa shape index (κ3) is 5.94. The van der Waals surface area contributed by atoms with Gasteiger partial charge in [-0.1, -0.05) is 12.3 Å². The van der Waals surface area contributed by atoms with Crippen LogP contribution in [0.4, 0.5) is 0 Å². The first-order valence-electron chi connectivity index (χ1n) is 3.51. The summed E-state index contributed by atoms with van der Waals surface area (Å²) in [6.07, 6.45) is 8.14. The second-order valence-electron chi connectivity index (χ2n) is 2.22. The molecule has 1 N–H and O–H groups in total. The van der Waals surface area contributed by atoms with Gasteiger partial charge >= 0.3 is 0 Å². The normalized spacial score (nSPS) is 12.5. The Hall–Kier alpha value is -0.190. The zero-order valence-corrected chi connectivity index (χ0v) is 6.77. The van der Waals surface area contributed by atoms with Crippen LogP contribution in [0, 0.1) is 12.3 Å². The molecule has 58 valence electrons. The largest absolute Gasteiger partial charge is 0.380 e. The van der Waals surface area contributed by atoms with Gasteiger partial charge in [0, 0.05) is 5.88 Å². The molecule has 0 fully saturated rings. The molecular weight excluding hydrogens is 148 g/mol. The Morgan fingerprint density at radius 2 is 2.10 bits per heavy atom. The van der Waals surface area contributed by atoms with Gasteiger partial charge in [-0.15, -0.1) is 18.0 Å². The van der Waals surface area contributed by atoms with Crippen LogP contribution >= 0.6 is 11.6 Å². The summed E-state index contributed by atoms with van der Waals surface area (Å²) in [5, 5.41) is 8.89. The molecule has 0 rings (SSSR count). The number of terminal acetylenes is 1. The number of halogens is 1. The van der Waals surface area contributed by atoms with E-state index in [1.54, 1.807) is 0 Å². The Labute approximate surface area is 67.4 Å². The Morgan fingerprint density at radius 1 is 1.40 bits per heavy atom. The van der Waals surface area contributed by atoms with Crippen LogP contribution in [0.5, 0.6) is 0 Å². The van der Waals surface area contributed by atoms with E-state index < -0.39 is 6.10 Å². The summed E-state index contributed by atoms with van der Waals surface area (Å²) < 4.78 is 0. The Bertz CT molecular complexity index is 106. The zero-order valence-electron chi connectivity index (χ0n) is 6.02. The van der Waals surface area contributed by atoms with Gasteiger partial charge in [-0.25, -0.2) is 0 Å². The van der Waals surface area contributed by atoms with Gasteiger partial charge in [0.2, 0.25) is 0 Å². The molecule has 0 aromatic rings. The van der Waals surface area contributed by atoms with Gasteiger partial charge in [0.15, 0.2) is 0 Å². The molecule has 0 heterocycles. The van der Waals surface area contributed by atoms with Crippen molar-refractivity contribution in [1.82, 2.24) is 0 Å². The number of rotatable bonds is 5. The Morgan fingerprint density at radius 3 is 2.60 bits per heavy atom. The van der Waals surface area contributed by atoms with Gasteiger partial charge < -0.3 is 5.11 Å². The van der Waals surface area contributed by atoms with Gasteiger partial charge in [-0.2, -0.15) is 0 Å². The fourth-order valence-electron chi connectivity index (χ4n) is 0.692. The summed E-state index contributed by atoms with van der Waals surface area (Å²) in [7, 11) is 0. The number of unbranched alkanes of at least 4 members (excludes halogenated alkanes) is 2. The molecule has 0 radical (unpaired) electrons. The van der Waals surface area contributed by atoms with E-state index in [1.807, 2.05) is 0 Å². The molecule has 0 aromatic heterocycles. The molecule has 1 atom stereocenters. The first-order chi connectivity index (χ1) is 4.81. The van der Waals surface area contributed by atoms with Crippen LogP contribution in [0.15, 0.2) is 0 Å². The molecule has 1 nitrogen and oxygen atoms in total. The predicted octanol–water partition coefficient (Wildman–Crippen LogP) is 1.78. The summed E-state index contributed by atoms with van der Waals surface area (Å²) in [5.41, 5.74) is 0. The fourth-order valence-corrected chi connectivity index (χ4v) is 0.881. The first kappa shape index (κ1) is 9.81. The molecule has 0 aromatic carbocycles. The molecule has 0 saturated heterocycles. The van der Waals surface area contributed by atoms with E-state index in [1.165, 1.54) is 0 Å². The SMILES string of the molecule is C#C[C@H](O)CCCCCCl. The average molecular weight is 161 g/mol. The minimum Gasteiger partial charge on any atom is -0.380 e. The summed E-state index contributed by atoms with van der Waals surface area (Å²) in [5.74, 6) is 2.96. The lowest BCUT2D eigenvalue weighted by Crippen LogP contribution is -2.01. The van der Waals surface area contributed by atoms with Gasteiger partial charge in [0.05, 0.1) is 0 Å². The molecule has 0 aliphatic rings. The lowest BCUT2D eigenvalue weighted by molar-refractivity contribution is 0.218. The van der Waals surface area contributed by atoms with E-state index in [0.717, 1.165) is 19.3 Å².